The van der Waals surface area contributed by atoms with Crippen molar-refractivity contribution in [3.63, 3.8) is 0 Å². The summed E-state index contributed by atoms with van der Waals surface area (Å²) >= 11 is 1.83. The van der Waals surface area contributed by atoms with Gasteiger partial charge in [-0.2, -0.15) is 12.1 Å². The molecule has 85 heavy (non-hydrogen) atoms. The first-order chi connectivity index (χ1) is 39.4. The molecule has 3 aromatic heterocycles. The van der Waals surface area contributed by atoms with Crippen LogP contribution in [0.3, 0.4) is 0 Å². The van der Waals surface area contributed by atoms with Gasteiger partial charge in [0.05, 0.1) is 5.52 Å². The smallest absolute Gasteiger partial charge is 0.135 e. The number of aromatic nitrogens is 2. The number of pyridine rings is 1. The van der Waals surface area contributed by atoms with Gasteiger partial charge in [0.2, 0.25) is 0 Å². The molecule has 0 atom stereocenters. The molecule has 0 aliphatic carbocycles. The molecule has 5 nitrogen and oxygen atoms in total. The molecule has 0 unspecified atom stereocenters. The Morgan fingerprint density at radius 1 is 0.435 bits per heavy atom. The molecule has 0 fully saturated rings. The molecular formula is C78H81N4OPtS-3. The summed E-state index contributed by atoms with van der Waals surface area (Å²) in [6, 6.07) is 63.9. The van der Waals surface area contributed by atoms with Crippen molar-refractivity contribution < 1.29 is 25.8 Å². The van der Waals surface area contributed by atoms with Crippen molar-refractivity contribution in [3.8, 4) is 39.6 Å². The van der Waals surface area contributed by atoms with Crippen molar-refractivity contribution in [2.24, 2.45) is 0 Å². The summed E-state index contributed by atoms with van der Waals surface area (Å²) in [5.74, 6) is 2.04. The molecule has 0 bridgehead atoms. The quantitative estimate of drug-likeness (QED) is 0.149. The average Bonchev–Trinajstić information content (AvgIpc) is 1.67. The third kappa shape index (κ3) is 10.9. The maximum Gasteiger partial charge on any atom is 0.135 e. The van der Waals surface area contributed by atoms with Gasteiger partial charge < -0.3 is 19.1 Å². The molecule has 0 saturated carbocycles. The van der Waals surface area contributed by atoms with E-state index in [9.17, 15) is 0 Å². The van der Waals surface area contributed by atoms with Crippen molar-refractivity contribution >= 4 is 76.1 Å². The second-order valence-electron chi connectivity index (χ2n) is 29.5. The van der Waals surface area contributed by atoms with Gasteiger partial charge in [-0.1, -0.05) is 203 Å². The van der Waals surface area contributed by atoms with Crippen molar-refractivity contribution in [1.29, 1.82) is 0 Å². The van der Waals surface area contributed by atoms with Crippen LogP contribution in [-0.2, 0) is 53.6 Å². The molecule has 0 N–H and O–H groups in total. The Balaban J connectivity index is 0.00000752. The number of hydrogen-bond acceptors (Lipinski definition) is 5. The second kappa shape index (κ2) is 21.2. The Hall–Kier alpha value is -6.98. The van der Waals surface area contributed by atoms with Gasteiger partial charge in [0.15, 0.2) is 0 Å². The molecule has 0 amide bonds. The maximum absolute atomic E-state index is 6.95. The molecule has 0 spiro atoms. The Morgan fingerprint density at radius 3 is 1.56 bits per heavy atom. The Kier molecular flexibility index (Phi) is 14.9. The summed E-state index contributed by atoms with van der Waals surface area (Å²) in [7, 11) is 0. The topological polar surface area (TPSA) is 33.5 Å². The third-order valence-electron chi connectivity index (χ3n) is 17.0. The first kappa shape index (κ1) is 59.7. The van der Waals surface area contributed by atoms with Gasteiger partial charge in [-0.05, 0) is 131 Å². The first-order valence-corrected chi connectivity index (χ1v) is 30.7. The monoisotopic (exact) mass is 1320 g/mol. The van der Waals surface area contributed by atoms with Crippen LogP contribution < -0.4 is 14.5 Å². The largest absolute Gasteiger partial charge is 0.509 e. The van der Waals surface area contributed by atoms with Gasteiger partial charge in [-0.15, -0.1) is 59.4 Å². The van der Waals surface area contributed by atoms with Gasteiger partial charge in [0.25, 0.3) is 0 Å². The van der Waals surface area contributed by atoms with Crippen LogP contribution in [-0.4, -0.2) is 9.55 Å². The molecule has 1 aliphatic rings. The Morgan fingerprint density at radius 2 is 0.976 bits per heavy atom. The van der Waals surface area contributed by atoms with Crippen molar-refractivity contribution in [2.75, 3.05) is 9.80 Å². The van der Waals surface area contributed by atoms with Crippen LogP contribution in [0.5, 0.6) is 11.5 Å². The van der Waals surface area contributed by atoms with Crippen LogP contribution in [0.15, 0.2) is 158 Å². The molecule has 12 rings (SSSR count). The molecule has 11 aromatic rings. The van der Waals surface area contributed by atoms with Gasteiger partial charge in [0.1, 0.15) is 5.82 Å². The van der Waals surface area contributed by atoms with E-state index in [1.54, 1.807) is 0 Å². The van der Waals surface area contributed by atoms with Crippen LogP contribution in [0, 0.1) is 18.8 Å². The van der Waals surface area contributed by atoms with Gasteiger partial charge in [-0.25, -0.2) is 4.98 Å². The first-order valence-electron chi connectivity index (χ1n) is 29.9. The fourth-order valence-corrected chi connectivity index (χ4v) is 13.3. The number of hydrogen-bond donors (Lipinski definition) is 0. The number of ether oxygens (including phenoxy) is 1. The van der Waals surface area contributed by atoms with E-state index in [2.05, 4.69) is 297 Å². The van der Waals surface area contributed by atoms with E-state index in [4.69, 9.17) is 9.72 Å². The fraction of sp³-hybridized carbons (Fsp3) is 0.308. The predicted molar refractivity (Wildman–Crippen MR) is 360 cm³/mol. The zero-order valence-electron chi connectivity index (χ0n) is 53.0. The number of nitrogens with zero attached hydrogens (tertiary/aromatic N) is 4. The van der Waals surface area contributed by atoms with E-state index in [1.807, 2.05) is 29.7 Å². The zero-order valence-corrected chi connectivity index (χ0v) is 56.1. The normalized spacial score (nSPS) is 13.6. The Labute approximate surface area is 524 Å². The molecule has 1 aliphatic heterocycles. The van der Waals surface area contributed by atoms with Crippen molar-refractivity contribution in [1.82, 2.24) is 9.55 Å². The van der Waals surface area contributed by atoms with Crippen LogP contribution in [0.25, 0.3) is 70.0 Å². The van der Waals surface area contributed by atoms with Crippen LogP contribution in [0.4, 0.5) is 22.7 Å². The number of benzene rings is 8. The molecule has 438 valence electrons. The minimum Gasteiger partial charge on any atom is -0.509 e. The van der Waals surface area contributed by atoms with E-state index < -0.39 is 0 Å². The van der Waals surface area contributed by atoms with Crippen LogP contribution in [0.2, 0.25) is 0 Å². The van der Waals surface area contributed by atoms with E-state index in [0.29, 0.717) is 11.5 Å². The van der Waals surface area contributed by atoms with E-state index >= 15 is 0 Å². The minimum absolute atomic E-state index is 0. The standard InChI is InChI=1S/C78H81N4OS.Pt/c1-73(2,3)48-30-33-55(62(42-48)77(13,14)15)60-40-51(76(10,11)12)41-61(56-34-31-49(74(4,5)6)43-63(56)78(16,17)18)71(60)81-47-80(64-27-20-21-28-65(64)81)52-24-23-25-53(45-52)83-54-32-35-57-58-36-37-68-70(59-26-19-22-29-67(59)84-68)72(58)82(66(57)46-54)69-44-50(38-39-79-69)75(7,8)9;/h19-44,47H,1-18H3;/q-3;. The maximum atomic E-state index is 6.95. The summed E-state index contributed by atoms with van der Waals surface area (Å²) < 4.78 is 11.8. The van der Waals surface area contributed by atoms with Gasteiger partial charge in [0, 0.05) is 87.1 Å². The number of thiophene rings is 1. The molecule has 0 saturated heterocycles. The Bertz CT molecular complexity index is 4300. The summed E-state index contributed by atoms with van der Waals surface area (Å²) in [5, 5.41) is 4.71. The van der Waals surface area contributed by atoms with Crippen molar-refractivity contribution in [3.05, 3.63) is 210 Å². The molecule has 0 radical (unpaired) electrons. The van der Waals surface area contributed by atoms with Gasteiger partial charge >= 0.3 is 0 Å². The summed E-state index contributed by atoms with van der Waals surface area (Å²) in [4.78, 5) is 9.82. The van der Waals surface area contributed by atoms with Crippen LogP contribution in [0.1, 0.15) is 158 Å². The number of para-hydroxylation sites is 2. The van der Waals surface area contributed by atoms with Crippen LogP contribution >= 0.6 is 11.3 Å². The average molecular weight is 1320 g/mol. The molecule has 8 aromatic carbocycles. The number of anilines is 4. The fourth-order valence-electron chi connectivity index (χ4n) is 12.2. The number of fused-ring (bicyclic) bond motifs is 8. The van der Waals surface area contributed by atoms with Gasteiger partial charge in [-0.3, -0.25) is 0 Å². The third-order valence-corrected chi connectivity index (χ3v) is 18.2. The SMILES string of the molecule is CC(C)(C)c1ccnc(-n2c3[c-]c(Oc4[c-]c(N5[CH-]N(c6c(-c7ccc(C(C)(C)C)cc7C(C)(C)C)cc(C(C)(C)C)cc6-c6ccc(C(C)(C)C)cc6C(C)(C)C)c6ccccc65)ccc4)ccc3c3ccc4sc5ccccc5c4c32)c1.[Pt]. The van der Waals surface area contributed by atoms with E-state index in [0.717, 1.165) is 50.4 Å². The number of rotatable bonds is 7. The second-order valence-corrected chi connectivity index (χ2v) is 30.6. The summed E-state index contributed by atoms with van der Waals surface area (Å²) in [6.45, 7) is 44.2. The molecule has 7 heteroatoms. The summed E-state index contributed by atoms with van der Waals surface area (Å²) in [5.41, 5.74) is 18.3. The molecular weight excluding hydrogens is 1240 g/mol. The van der Waals surface area contributed by atoms with E-state index in [1.165, 1.54) is 75.8 Å². The summed E-state index contributed by atoms with van der Waals surface area (Å²) in [6.07, 6.45) is 1.94. The molecule has 4 heterocycles. The van der Waals surface area contributed by atoms with E-state index in [-0.39, 0.29) is 53.6 Å². The van der Waals surface area contributed by atoms with Crippen molar-refractivity contribution in [2.45, 2.75) is 157 Å². The zero-order chi connectivity index (χ0) is 59.8. The minimum atomic E-state index is -0.164. The predicted octanol–water partition coefficient (Wildman–Crippen LogP) is 22.5.